The molecule has 0 aromatic heterocycles. The molecule has 1 saturated heterocycles. The van der Waals surface area contributed by atoms with Crippen molar-refractivity contribution < 1.29 is 9.18 Å². The van der Waals surface area contributed by atoms with Crippen LogP contribution >= 0.6 is 0 Å². The van der Waals surface area contributed by atoms with Crippen LogP contribution in [0.3, 0.4) is 0 Å². The van der Waals surface area contributed by atoms with Crippen molar-refractivity contribution in [3.8, 4) is 0 Å². The van der Waals surface area contributed by atoms with Gasteiger partial charge in [-0.15, -0.1) is 0 Å². The van der Waals surface area contributed by atoms with E-state index in [2.05, 4.69) is 12.2 Å². The molecule has 0 radical (unpaired) electrons. The maximum absolute atomic E-state index is 13.6. The normalized spacial score (nSPS) is 17.5. The predicted octanol–water partition coefficient (Wildman–Crippen LogP) is 2.81. The Kier molecular flexibility index (Phi) is 5.74. The lowest BCUT2D eigenvalue weighted by atomic mass is 9.84. The topological polar surface area (TPSA) is 32.3 Å². The van der Waals surface area contributed by atoms with Gasteiger partial charge in [0.2, 0.25) is 5.91 Å². The van der Waals surface area contributed by atoms with E-state index in [-0.39, 0.29) is 11.7 Å². The number of nitrogens with zero attached hydrogens (tertiary/aromatic N) is 1. The van der Waals surface area contributed by atoms with E-state index in [1.54, 1.807) is 30.1 Å². The highest BCUT2D eigenvalue weighted by Crippen LogP contribution is 2.25. The Morgan fingerprint density at radius 2 is 2.05 bits per heavy atom. The van der Waals surface area contributed by atoms with Crippen molar-refractivity contribution in [2.45, 2.75) is 32.7 Å². The van der Waals surface area contributed by atoms with Crippen LogP contribution in [0.2, 0.25) is 0 Å². The maximum Gasteiger partial charge on any atom is 0.222 e. The number of halogens is 1. The largest absolute Gasteiger partial charge is 0.341 e. The van der Waals surface area contributed by atoms with Gasteiger partial charge in [0.15, 0.2) is 0 Å². The summed E-state index contributed by atoms with van der Waals surface area (Å²) >= 11 is 0. The summed E-state index contributed by atoms with van der Waals surface area (Å²) in [6.45, 7) is 4.60. The number of carbonyl (C=O) groups is 1. The molecule has 2 rings (SSSR count). The fourth-order valence-electron chi connectivity index (χ4n) is 2.98. The molecular weight excluding hydrogens is 267 g/mol. The zero-order chi connectivity index (χ0) is 15.2. The third-order valence-electron chi connectivity index (χ3n) is 4.48. The van der Waals surface area contributed by atoms with Crippen LogP contribution in [0.5, 0.6) is 0 Å². The van der Waals surface area contributed by atoms with Crippen LogP contribution in [0.15, 0.2) is 24.3 Å². The van der Waals surface area contributed by atoms with Crippen LogP contribution in [-0.4, -0.2) is 30.9 Å². The van der Waals surface area contributed by atoms with E-state index in [1.165, 1.54) is 6.07 Å². The lowest BCUT2D eigenvalue weighted by Crippen LogP contribution is -2.34. The summed E-state index contributed by atoms with van der Waals surface area (Å²) in [6, 6.07) is 6.63. The molecular formula is C17H25FN2O. The maximum atomic E-state index is 13.6. The van der Waals surface area contributed by atoms with E-state index in [1.807, 2.05) is 0 Å². The molecule has 1 unspecified atom stereocenters. The van der Waals surface area contributed by atoms with Gasteiger partial charge in [-0.05, 0) is 43.8 Å². The molecule has 1 aromatic rings. The van der Waals surface area contributed by atoms with E-state index >= 15 is 0 Å². The van der Waals surface area contributed by atoms with E-state index in [0.29, 0.717) is 30.4 Å². The Labute approximate surface area is 126 Å². The van der Waals surface area contributed by atoms with Crippen LogP contribution in [-0.2, 0) is 11.3 Å². The second-order valence-electron chi connectivity index (χ2n) is 6.11. The molecule has 0 spiro atoms. The van der Waals surface area contributed by atoms with Gasteiger partial charge in [-0.1, -0.05) is 25.1 Å². The number of nitrogens with one attached hydrogen (secondary N) is 1. The molecule has 1 fully saturated rings. The first-order valence-electron chi connectivity index (χ1n) is 7.76. The first-order valence-corrected chi connectivity index (χ1v) is 7.76. The van der Waals surface area contributed by atoms with E-state index in [0.717, 1.165) is 25.9 Å². The summed E-state index contributed by atoms with van der Waals surface area (Å²) < 4.78 is 13.6. The van der Waals surface area contributed by atoms with Crippen molar-refractivity contribution in [1.82, 2.24) is 10.2 Å². The number of rotatable bonds is 5. The molecule has 0 bridgehead atoms. The Balaban J connectivity index is 1.86. The average Bonchev–Trinajstić information content (AvgIpc) is 2.50. The summed E-state index contributed by atoms with van der Waals surface area (Å²) in [7, 11) is 1.75. The molecule has 1 aliphatic heterocycles. The summed E-state index contributed by atoms with van der Waals surface area (Å²) in [5, 5.41) is 3.35. The fourth-order valence-corrected chi connectivity index (χ4v) is 2.98. The Hall–Kier alpha value is -1.42. The molecule has 1 aromatic carbocycles. The average molecular weight is 292 g/mol. The smallest absolute Gasteiger partial charge is 0.222 e. The highest BCUT2D eigenvalue weighted by molar-refractivity contribution is 5.76. The highest BCUT2D eigenvalue weighted by atomic mass is 19.1. The minimum Gasteiger partial charge on any atom is -0.341 e. The lowest BCUT2D eigenvalue weighted by Gasteiger charge is -2.29. The van der Waals surface area contributed by atoms with Crippen molar-refractivity contribution >= 4 is 5.91 Å². The molecule has 4 heteroatoms. The Morgan fingerprint density at radius 1 is 1.38 bits per heavy atom. The zero-order valence-corrected chi connectivity index (χ0v) is 12.9. The van der Waals surface area contributed by atoms with Gasteiger partial charge in [0.1, 0.15) is 5.82 Å². The molecule has 1 amide bonds. The number of benzene rings is 1. The van der Waals surface area contributed by atoms with Gasteiger partial charge in [-0.3, -0.25) is 4.79 Å². The molecule has 0 aliphatic carbocycles. The van der Waals surface area contributed by atoms with Gasteiger partial charge >= 0.3 is 0 Å². The number of hydrogen-bond acceptors (Lipinski definition) is 2. The summed E-state index contributed by atoms with van der Waals surface area (Å²) in [4.78, 5) is 13.9. The summed E-state index contributed by atoms with van der Waals surface area (Å²) in [6.07, 6.45) is 2.84. The minimum atomic E-state index is -0.247. The van der Waals surface area contributed by atoms with E-state index in [4.69, 9.17) is 0 Å². The molecule has 0 saturated carbocycles. The molecule has 1 atom stereocenters. The molecule has 1 heterocycles. The van der Waals surface area contributed by atoms with Crippen molar-refractivity contribution in [2.75, 3.05) is 20.1 Å². The van der Waals surface area contributed by atoms with Crippen LogP contribution in [0.4, 0.5) is 4.39 Å². The van der Waals surface area contributed by atoms with E-state index < -0.39 is 0 Å². The van der Waals surface area contributed by atoms with Gasteiger partial charge in [-0.2, -0.15) is 0 Å². The molecule has 1 aliphatic rings. The monoisotopic (exact) mass is 292 g/mol. The fraction of sp³-hybridized carbons (Fsp3) is 0.588. The molecule has 116 valence electrons. The van der Waals surface area contributed by atoms with Crippen LogP contribution in [0.1, 0.15) is 31.7 Å². The highest BCUT2D eigenvalue weighted by Gasteiger charge is 2.23. The molecule has 21 heavy (non-hydrogen) atoms. The standard InChI is InChI=1S/C17H25FN2O/c1-13(14-7-9-19-10-8-14)11-17(21)20(2)12-15-5-3-4-6-16(15)18/h3-6,13-14,19H,7-12H2,1-2H3. The van der Waals surface area contributed by atoms with Crippen LogP contribution in [0, 0.1) is 17.7 Å². The van der Waals surface area contributed by atoms with Crippen molar-refractivity contribution in [3.63, 3.8) is 0 Å². The number of carbonyl (C=O) groups excluding carboxylic acids is 1. The van der Waals surface area contributed by atoms with Crippen molar-refractivity contribution in [3.05, 3.63) is 35.6 Å². The van der Waals surface area contributed by atoms with E-state index in [9.17, 15) is 9.18 Å². The third kappa shape index (κ3) is 4.53. The Bertz CT molecular complexity index is 472. The third-order valence-corrected chi connectivity index (χ3v) is 4.48. The van der Waals surface area contributed by atoms with Crippen LogP contribution in [0.25, 0.3) is 0 Å². The quantitative estimate of drug-likeness (QED) is 0.905. The molecule has 3 nitrogen and oxygen atoms in total. The summed E-state index contributed by atoms with van der Waals surface area (Å²) in [5.74, 6) is 0.868. The molecule has 1 N–H and O–H groups in total. The minimum absolute atomic E-state index is 0.101. The van der Waals surface area contributed by atoms with Crippen molar-refractivity contribution in [2.24, 2.45) is 11.8 Å². The van der Waals surface area contributed by atoms with Gasteiger partial charge in [0, 0.05) is 25.6 Å². The zero-order valence-electron chi connectivity index (χ0n) is 12.9. The van der Waals surface area contributed by atoms with Gasteiger partial charge in [0.25, 0.3) is 0 Å². The SMILES string of the molecule is CC(CC(=O)N(C)Cc1ccccc1F)C1CCNCC1. The van der Waals surface area contributed by atoms with Gasteiger partial charge in [-0.25, -0.2) is 4.39 Å². The second kappa shape index (κ2) is 7.55. The second-order valence-corrected chi connectivity index (χ2v) is 6.11. The Morgan fingerprint density at radius 3 is 2.71 bits per heavy atom. The number of amides is 1. The van der Waals surface area contributed by atoms with Gasteiger partial charge < -0.3 is 10.2 Å². The first kappa shape index (κ1) is 16.0. The predicted molar refractivity (Wildman–Crippen MR) is 82.2 cm³/mol. The van der Waals surface area contributed by atoms with Crippen molar-refractivity contribution in [1.29, 1.82) is 0 Å². The number of piperidine rings is 1. The summed E-state index contributed by atoms with van der Waals surface area (Å²) in [5.41, 5.74) is 0.572. The number of hydrogen-bond donors (Lipinski definition) is 1. The van der Waals surface area contributed by atoms with Gasteiger partial charge in [0.05, 0.1) is 0 Å². The lowest BCUT2D eigenvalue weighted by molar-refractivity contribution is -0.131. The first-order chi connectivity index (χ1) is 10.1. The van der Waals surface area contributed by atoms with Crippen LogP contribution < -0.4 is 5.32 Å².